The summed E-state index contributed by atoms with van der Waals surface area (Å²) < 4.78 is 0. The highest BCUT2D eigenvalue weighted by Gasteiger charge is 2.29. The van der Waals surface area contributed by atoms with Gasteiger partial charge in [-0.05, 0) is 146 Å². The highest BCUT2D eigenvalue weighted by atomic mass is 14.9. The molecule has 0 atom stereocenters. The van der Waals surface area contributed by atoms with Crippen LogP contribution in [-0.2, 0) is 0 Å². The quantitative estimate of drug-likeness (QED) is 0.126. The lowest BCUT2D eigenvalue weighted by molar-refractivity contribution is 0.920. The maximum Gasteiger partial charge on any atom is 0.242 e. The summed E-state index contributed by atoms with van der Waals surface area (Å²) in [7, 11) is 0. The van der Waals surface area contributed by atoms with Crippen LogP contribution in [-0.4, -0.2) is 6.71 Å². The molecule has 6 rings (SSSR count). The number of benzene rings is 6. The first kappa shape index (κ1) is 36.0. The van der Waals surface area contributed by atoms with Gasteiger partial charge in [-0.1, -0.05) is 134 Å². The molecule has 0 saturated carbocycles. The normalized spacial score (nSPS) is 11.3. The molecule has 0 heterocycles. The van der Waals surface area contributed by atoms with Crippen LogP contribution < -0.4 is 21.7 Å². The van der Waals surface area contributed by atoms with Gasteiger partial charge < -0.3 is 5.32 Å². The summed E-state index contributed by atoms with van der Waals surface area (Å²) in [6.45, 7) is 27.1. The lowest BCUT2D eigenvalue weighted by Crippen LogP contribution is -2.55. The molecule has 258 valence electrons. The molecule has 6 aromatic rings. The SMILES string of the molecule is Cc1cc(C)c(B(c2ccc(Nc3ccc(C(c4c(C)cc(C)cc4C)c4c(C)cc(C)cc4C)cc3)cc2)c2c(C)cc(C)cc2C)c(C)c1. The van der Waals surface area contributed by atoms with E-state index in [9.17, 15) is 0 Å². The topological polar surface area (TPSA) is 12.0 Å². The van der Waals surface area contributed by atoms with Crippen LogP contribution in [0.25, 0.3) is 0 Å². The van der Waals surface area contributed by atoms with Crippen molar-refractivity contribution in [2.24, 2.45) is 0 Å². The predicted octanol–water partition coefficient (Wildman–Crippen LogP) is 10.8. The molecule has 0 spiro atoms. The van der Waals surface area contributed by atoms with Gasteiger partial charge in [0.05, 0.1) is 0 Å². The lowest BCUT2D eigenvalue weighted by atomic mass is 9.34. The van der Waals surface area contributed by atoms with E-state index in [1.165, 1.54) is 99.8 Å². The van der Waals surface area contributed by atoms with Crippen LogP contribution in [0.4, 0.5) is 11.4 Å². The molecular formula is C49H54BN. The molecule has 0 aliphatic rings. The molecule has 6 aromatic carbocycles. The van der Waals surface area contributed by atoms with E-state index in [0.717, 1.165) is 11.4 Å². The lowest BCUT2D eigenvalue weighted by Gasteiger charge is -2.27. The molecular weight excluding hydrogens is 613 g/mol. The van der Waals surface area contributed by atoms with Gasteiger partial charge in [-0.2, -0.15) is 0 Å². The van der Waals surface area contributed by atoms with E-state index in [1.54, 1.807) is 0 Å². The Morgan fingerprint density at radius 3 is 1.00 bits per heavy atom. The van der Waals surface area contributed by atoms with E-state index in [-0.39, 0.29) is 12.6 Å². The Bertz CT molecular complexity index is 1870. The molecule has 0 radical (unpaired) electrons. The van der Waals surface area contributed by atoms with Crippen LogP contribution in [0.5, 0.6) is 0 Å². The standard InChI is InChI=1S/C49H54BN/c1-29-21-33(5)45(34(6)22-29)47(46-35(7)23-30(2)24-36(46)8)41-13-17-43(18-14-41)51-44-19-15-42(16-20-44)50(48-37(9)25-31(3)26-38(48)10)49-39(11)27-32(4)28-40(49)12/h13-28,47,51H,1-12H3. The van der Waals surface area contributed by atoms with E-state index in [4.69, 9.17) is 0 Å². The van der Waals surface area contributed by atoms with E-state index in [0.29, 0.717) is 0 Å². The van der Waals surface area contributed by atoms with Crippen LogP contribution in [0.3, 0.4) is 0 Å². The van der Waals surface area contributed by atoms with Crippen molar-refractivity contribution in [1.82, 2.24) is 0 Å². The fourth-order valence-electron chi connectivity index (χ4n) is 9.23. The van der Waals surface area contributed by atoms with E-state index >= 15 is 0 Å². The number of hydrogen-bond donors (Lipinski definition) is 1. The van der Waals surface area contributed by atoms with Gasteiger partial charge >= 0.3 is 0 Å². The van der Waals surface area contributed by atoms with Gasteiger partial charge in [0.15, 0.2) is 0 Å². The highest BCUT2D eigenvalue weighted by Crippen LogP contribution is 2.40. The average molecular weight is 668 g/mol. The van der Waals surface area contributed by atoms with E-state index in [1.807, 2.05) is 0 Å². The molecule has 0 aliphatic heterocycles. The minimum Gasteiger partial charge on any atom is -0.356 e. The third kappa shape index (κ3) is 7.33. The minimum atomic E-state index is 0.166. The molecule has 0 bridgehead atoms. The molecule has 0 unspecified atom stereocenters. The summed E-state index contributed by atoms with van der Waals surface area (Å²) in [4.78, 5) is 0. The average Bonchev–Trinajstić information content (AvgIpc) is 3.02. The van der Waals surface area contributed by atoms with Crippen molar-refractivity contribution in [3.8, 4) is 0 Å². The smallest absolute Gasteiger partial charge is 0.242 e. The molecule has 2 heteroatoms. The maximum absolute atomic E-state index is 3.72. The third-order valence-electron chi connectivity index (χ3n) is 10.9. The fourth-order valence-corrected chi connectivity index (χ4v) is 9.23. The molecule has 0 aromatic heterocycles. The second kappa shape index (κ2) is 14.4. The summed E-state index contributed by atoms with van der Waals surface area (Å²) in [6, 6.07) is 36.9. The van der Waals surface area contributed by atoms with Crippen molar-refractivity contribution in [3.05, 3.63) is 181 Å². The summed E-state index contributed by atoms with van der Waals surface area (Å²) in [5.74, 6) is 0.166. The van der Waals surface area contributed by atoms with Crippen molar-refractivity contribution in [3.63, 3.8) is 0 Å². The first-order valence-electron chi connectivity index (χ1n) is 18.5. The Kier molecular flexibility index (Phi) is 10.2. The molecule has 1 N–H and O–H groups in total. The first-order chi connectivity index (χ1) is 24.2. The van der Waals surface area contributed by atoms with Crippen molar-refractivity contribution in [1.29, 1.82) is 0 Å². The second-order valence-corrected chi connectivity index (χ2v) is 15.5. The first-order valence-corrected chi connectivity index (χ1v) is 18.5. The van der Waals surface area contributed by atoms with Gasteiger partial charge in [-0.25, -0.2) is 0 Å². The number of nitrogens with one attached hydrogen (secondary N) is 1. The fraction of sp³-hybridized carbons (Fsp3) is 0.265. The zero-order valence-corrected chi connectivity index (χ0v) is 32.9. The highest BCUT2D eigenvalue weighted by molar-refractivity contribution is 6.96. The minimum absolute atomic E-state index is 0.166. The molecule has 0 aliphatic carbocycles. The van der Waals surface area contributed by atoms with Crippen molar-refractivity contribution < 1.29 is 0 Å². The molecule has 51 heavy (non-hydrogen) atoms. The Morgan fingerprint density at radius 2 is 0.667 bits per heavy atom. The number of rotatable bonds is 8. The van der Waals surface area contributed by atoms with Crippen LogP contribution >= 0.6 is 0 Å². The second-order valence-electron chi connectivity index (χ2n) is 15.5. The van der Waals surface area contributed by atoms with Crippen LogP contribution in [0.2, 0.25) is 0 Å². The molecule has 0 saturated heterocycles. The zero-order valence-electron chi connectivity index (χ0n) is 32.9. The van der Waals surface area contributed by atoms with Crippen molar-refractivity contribution >= 4 is 34.5 Å². The zero-order chi connectivity index (χ0) is 36.7. The third-order valence-corrected chi connectivity index (χ3v) is 10.9. The number of anilines is 2. The van der Waals surface area contributed by atoms with Gasteiger partial charge in [0.1, 0.15) is 0 Å². The number of hydrogen-bond acceptors (Lipinski definition) is 1. The van der Waals surface area contributed by atoms with Crippen molar-refractivity contribution in [2.75, 3.05) is 5.32 Å². The van der Waals surface area contributed by atoms with Crippen LogP contribution in [0.1, 0.15) is 89.4 Å². The van der Waals surface area contributed by atoms with Crippen molar-refractivity contribution in [2.45, 2.75) is 89.0 Å². The van der Waals surface area contributed by atoms with E-state index < -0.39 is 0 Å². The predicted molar refractivity (Wildman–Crippen MR) is 224 cm³/mol. The van der Waals surface area contributed by atoms with Gasteiger partial charge in [0.25, 0.3) is 0 Å². The van der Waals surface area contributed by atoms with E-state index in [2.05, 4.69) is 185 Å². The summed E-state index contributed by atoms with van der Waals surface area (Å²) in [5.41, 5.74) is 26.5. The monoisotopic (exact) mass is 667 g/mol. The Labute approximate surface area is 308 Å². The summed E-state index contributed by atoms with van der Waals surface area (Å²) in [6.07, 6.45) is 0. The number of aryl methyl sites for hydroxylation is 12. The van der Waals surface area contributed by atoms with Gasteiger partial charge in [-0.3, -0.25) is 0 Å². The molecule has 0 amide bonds. The van der Waals surface area contributed by atoms with Gasteiger partial charge in [-0.15, -0.1) is 0 Å². The largest absolute Gasteiger partial charge is 0.356 e. The molecule has 1 nitrogen and oxygen atoms in total. The Balaban J connectivity index is 1.35. The summed E-state index contributed by atoms with van der Waals surface area (Å²) in [5, 5.41) is 3.72. The van der Waals surface area contributed by atoms with Gasteiger partial charge in [0.2, 0.25) is 6.71 Å². The van der Waals surface area contributed by atoms with Crippen LogP contribution in [0, 0.1) is 83.1 Å². The maximum atomic E-state index is 3.72. The van der Waals surface area contributed by atoms with Gasteiger partial charge in [0, 0.05) is 17.3 Å². The summed E-state index contributed by atoms with van der Waals surface area (Å²) >= 11 is 0. The van der Waals surface area contributed by atoms with Crippen LogP contribution in [0.15, 0.2) is 97.1 Å². The molecule has 0 fully saturated rings. The Morgan fingerprint density at radius 1 is 0.373 bits per heavy atom. The Hall–Kier alpha value is -4.82.